The van der Waals surface area contributed by atoms with E-state index in [-0.39, 0.29) is 0 Å². The summed E-state index contributed by atoms with van der Waals surface area (Å²) < 4.78 is 92.7. The molecule has 2 aliphatic rings. The van der Waals surface area contributed by atoms with Gasteiger partial charge in [0, 0.05) is 55.0 Å². The molecule has 2 heterocycles. The molecule has 10 atom stereocenters. The van der Waals surface area contributed by atoms with E-state index in [1.165, 1.54) is 0 Å². The van der Waals surface area contributed by atoms with Crippen molar-refractivity contribution in [2.24, 2.45) is 0 Å². The Balaban J connectivity index is 2.59. The lowest BCUT2D eigenvalue weighted by molar-refractivity contribution is -0.328. The molecule has 22 heteroatoms. The van der Waals surface area contributed by atoms with Crippen molar-refractivity contribution in [1.29, 1.82) is 0 Å². The zero-order chi connectivity index (χ0) is 38.1. The number of carbonyl (C=O) groups is 8. The van der Waals surface area contributed by atoms with Crippen molar-refractivity contribution in [3.63, 3.8) is 0 Å². The van der Waals surface area contributed by atoms with E-state index in [9.17, 15) is 51.5 Å². The van der Waals surface area contributed by atoms with Crippen molar-refractivity contribution in [3.05, 3.63) is 0 Å². The molecule has 0 radical (unpaired) electrons. The second-order valence-electron chi connectivity index (χ2n) is 10.7. The first-order chi connectivity index (χ1) is 23.1. The maximum absolute atomic E-state index is 13.0. The van der Waals surface area contributed by atoms with E-state index in [1.807, 2.05) is 0 Å². The van der Waals surface area contributed by atoms with Gasteiger partial charge in [-0.05, 0) is 0 Å². The van der Waals surface area contributed by atoms with Gasteiger partial charge in [0.05, 0.1) is 6.61 Å². The summed E-state index contributed by atoms with van der Waals surface area (Å²) in [6, 6.07) is 0. The van der Waals surface area contributed by atoms with Crippen LogP contribution in [0.4, 0.5) is 13.2 Å². The normalized spacial score (nSPS) is 29.3. The first kappa shape index (κ1) is 41.6. The molecular weight excluding hydrogens is 695 g/mol. The molecule has 2 saturated heterocycles. The summed E-state index contributed by atoms with van der Waals surface area (Å²) in [4.78, 5) is 95.8. The molecule has 0 bridgehead atoms. The molecule has 2 rings (SSSR count). The van der Waals surface area contributed by atoms with Gasteiger partial charge < -0.3 is 52.7 Å². The minimum atomic E-state index is -5.35. The minimum absolute atomic E-state index is 0.838. The van der Waals surface area contributed by atoms with Gasteiger partial charge in [0.15, 0.2) is 36.8 Å². The average Bonchev–Trinajstić information content (AvgIpc) is 2.94. The first-order valence-electron chi connectivity index (χ1n) is 14.6. The molecule has 0 aliphatic carbocycles. The smallest absolute Gasteiger partial charge is 0.456 e. The van der Waals surface area contributed by atoms with Gasteiger partial charge in [-0.25, -0.2) is 0 Å². The van der Waals surface area contributed by atoms with Gasteiger partial charge in [-0.1, -0.05) is 0 Å². The molecule has 282 valence electrons. The Morgan fingerprint density at radius 3 is 1.24 bits per heavy atom. The van der Waals surface area contributed by atoms with Crippen LogP contribution in [0.2, 0.25) is 0 Å². The van der Waals surface area contributed by atoms with E-state index < -0.39 is 128 Å². The molecule has 0 aromatic heterocycles. The summed E-state index contributed by atoms with van der Waals surface area (Å²) in [6.45, 7) is 4.72. The number of nitrogens with one attached hydrogen (secondary N) is 1. The molecule has 19 nitrogen and oxygen atoms in total. The summed E-state index contributed by atoms with van der Waals surface area (Å²) in [6.07, 6.45) is -23.0. The second-order valence-corrected chi connectivity index (χ2v) is 10.7. The third-order valence-corrected chi connectivity index (χ3v) is 6.42. The van der Waals surface area contributed by atoms with Crippen molar-refractivity contribution in [2.45, 2.75) is 116 Å². The van der Waals surface area contributed by atoms with E-state index >= 15 is 0 Å². The fourth-order valence-electron chi connectivity index (χ4n) is 4.88. The third kappa shape index (κ3) is 12.4. The van der Waals surface area contributed by atoms with Crippen molar-refractivity contribution in [1.82, 2.24) is 5.32 Å². The Hall–Kier alpha value is -4.57. The van der Waals surface area contributed by atoms with Crippen LogP contribution in [-0.2, 0) is 85.7 Å². The van der Waals surface area contributed by atoms with Gasteiger partial charge >= 0.3 is 53.9 Å². The van der Waals surface area contributed by atoms with Gasteiger partial charge in [-0.15, -0.1) is 0 Å². The molecule has 1 unspecified atom stereocenters. The average molecular weight is 732 g/mol. The van der Waals surface area contributed by atoms with E-state index in [0.29, 0.717) is 0 Å². The van der Waals surface area contributed by atoms with Crippen LogP contribution in [0.15, 0.2) is 0 Å². The number of rotatable bonds is 12. The summed E-state index contributed by atoms with van der Waals surface area (Å²) in [5.41, 5.74) is 0. The van der Waals surface area contributed by atoms with Crippen LogP contribution in [0.5, 0.6) is 0 Å². The van der Waals surface area contributed by atoms with Gasteiger partial charge in [0.25, 0.3) is 0 Å². The maximum Gasteiger partial charge on any atom is 0.471 e. The Bertz CT molecular complexity index is 1310. The van der Waals surface area contributed by atoms with Crippen LogP contribution < -0.4 is 5.32 Å². The number of esters is 7. The van der Waals surface area contributed by atoms with E-state index in [4.69, 9.17) is 47.4 Å². The van der Waals surface area contributed by atoms with Crippen LogP contribution in [0, 0.1) is 0 Å². The number of alkyl halides is 3. The Labute approximate surface area is 281 Å². The highest BCUT2D eigenvalue weighted by molar-refractivity contribution is 5.81. The topological polar surface area (TPSA) is 241 Å². The Morgan fingerprint density at radius 2 is 0.840 bits per heavy atom. The van der Waals surface area contributed by atoms with E-state index in [2.05, 4.69) is 0 Å². The first-order valence-corrected chi connectivity index (χ1v) is 14.6. The van der Waals surface area contributed by atoms with Gasteiger partial charge in [-0.2, -0.15) is 13.2 Å². The highest BCUT2D eigenvalue weighted by Crippen LogP contribution is 2.33. The van der Waals surface area contributed by atoms with Crippen LogP contribution >= 0.6 is 0 Å². The molecule has 50 heavy (non-hydrogen) atoms. The molecule has 2 fully saturated rings. The summed E-state index contributed by atoms with van der Waals surface area (Å²) >= 11 is 0. The summed E-state index contributed by atoms with van der Waals surface area (Å²) in [5.74, 6) is -9.39. The molecule has 2 aliphatic heterocycles. The number of halogens is 3. The number of amides is 1. The predicted octanol–water partition coefficient (Wildman–Crippen LogP) is -0.715. The molecular formula is C28H36F3NO18. The van der Waals surface area contributed by atoms with Crippen LogP contribution in [0.25, 0.3) is 0 Å². The van der Waals surface area contributed by atoms with Crippen LogP contribution in [-0.4, -0.2) is 128 Å². The number of carbonyl (C=O) groups excluding carboxylic acids is 8. The Kier molecular flexibility index (Phi) is 14.9. The largest absolute Gasteiger partial charge is 0.471 e. The molecule has 0 spiro atoms. The SMILES string of the molecule is CC(=O)OC1O[C@H](CO[C@@H]2O[C@H](CNC(=O)C(F)(F)F)[C@@H](OC(C)=O)[C@H](OC(C)=O)[C@H]2OC(C)=O)[C@@H](OC(C)=O)[C@H](OC(C)=O)[C@H]1OC(C)=O. The zero-order valence-electron chi connectivity index (χ0n) is 27.7. The van der Waals surface area contributed by atoms with Crippen LogP contribution in [0.1, 0.15) is 48.5 Å². The van der Waals surface area contributed by atoms with Crippen molar-refractivity contribution >= 4 is 47.7 Å². The van der Waals surface area contributed by atoms with Crippen LogP contribution in [0.3, 0.4) is 0 Å². The monoisotopic (exact) mass is 731 g/mol. The lowest BCUT2D eigenvalue weighted by Crippen LogP contribution is -2.65. The van der Waals surface area contributed by atoms with Gasteiger partial charge in [0.1, 0.15) is 12.2 Å². The number of hydrogen-bond acceptors (Lipinski definition) is 18. The molecule has 1 amide bonds. The molecule has 1 N–H and O–H groups in total. The van der Waals surface area contributed by atoms with Gasteiger partial charge in [0.2, 0.25) is 12.4 Å². The van der Waals surface area contributed by atoms with E-state index in [1.54, 1.807) is 5.32 Å². The quantitative estimate of drug-likeness (QED) is 0.192. The number of hydrogen-bond donors (Lipinski definition) is 1. The fraction of sp³-hybridized carbons (Fsp3) is 0.714. The molecule has 0 aromatic rings. The van der Waals surface area contributed by atoms with Crippen molar-refractivity contribution in [2.75, 3.05) is 13.2 Å². The third-order valence-electron chi connectivity index (χ3n) is 6.42. The lowest BCUT2D eigenvalue weighted by Gasteiger charge is -2.46. The summed E-state index contributed by atoms with van der Waals surface area (Å²) in [5, 5.41) is 1.54. The standard InChI is InChI=1S/C28H36F3NO18/c1-10(33)42-19-17(8-32-27(40)28(29,30)31)49-25(23(46-14(5)37)21(19)44-12(3)35)41-9-18-20(43-11(2)34)22(45-13(4)36)24(47-15(6)38)26(50-18)48-16(7)39/h17-26H,8-9H2,1-7H3,(H,32,40)/t17-,18-,19-,20-,21+,22+,23-,24-,25-,26?/m1/s1. The van der Waals surface area contributed by atoms with Crippen molar-refractivity contribution < 1.29 is 98.9 Å². The summed E-state index contributed by atoms with van der Waals surface area (Å²) in [7, 11) is 0. The highest BCUT2D eigenvalue weighted by Gasteiger charge is 2.56. The number of ether oxygens (including phenoxy) is 10. The maximum atomic E-state index is 13.0. The Morgan fingerprint density at radius 1 is 0.500 bits per heavy atom. The predicted molar refractivity (Wildman–Crippen MR) is 147 cm³/mol. The molecule has 0 aromatic carbocycles. The minimum Gasteiger partial charge on any atom is -0.456 e. The second kappa shape index (κ2) is 17.9. The van der Waals surface area contributed by atoms with E-state index in [0.717, 1.165) is 48.5 Å². The fourth-order valence-corrected chi connectivity index (χ4v) is 4.88. The highest BCUT2D eigenvalue weighted by atomic mass is 19.4. The lowest BCUT2D eigenvalue weighted by atomic mass is 9.96. The van der Waals surface area contributed by atoms with Crippen molar-refractivity contribution in [3.8, 4) is 0 Å². The zero-order valence-corrected chi connectivity index (χ0v) is 27.7. The van der Waals surface area contributed by atoms with Gasteiger partial charge in [-0.3, -0.25) is 38.4 Å². The molecule has 0 saturated carbocycles.